The van der Waals surface area contributed by atoms with Crippen molar-refractivity contribution in [1.82, 2.24) is 20.4 Å². The summed E-state index contributed by atoms with van der Waals surface area (Å²) in [5.41, 5.74) is -1.07. The van der Waals surface area contributed by atoms with Gasteiger partial charge in [0.2, 0.25) is 17.7 Å². The van der Waals surface area contributed by atoms with Gasteiger partial charge in [0, 0.05) is 64.1 Å². The number of carbonyl (C=O) groups is 7. The Hall–Kier alpha value is -4.17. The number of ether oxygens (including phenoxy) is 12. The molecule has 2 N–H and O–H groups in total. The first-order valence-corrected chi connectivity index (χ1v) is 24.0. The van der Waals surface area contributed by atoms with Gasteiger partial charge in [0.15, 0.2) is 0 Å². The highest BCUT2D eigenvalue weighted by Crippen LogP contribution is 2.09. The van der Waals surface area contributed by atoms with Gasteiger partial charge in [-0.1, -0.05) is 0 Å². The van der Waals surface area contributed by atoms with E-state index in [1.165, 1.54) is 12.2 Å². The topological polar surface area (TPSA) is 261 Å². The molecule has 0 aromatic carbocycles. The fourth-order valence-corrected chi connectivity index (χ4v) is 5.58. The molecule has 0 saturated heterocycles. The number of amides is 5. The second-order valence-corrected chi connectivity index (χ2v) is 17.3. The Kier molecular flexibility index (Phi) is 36.9. The summed E-state index contributed by atoms with van der Waals surface area (Å²) in [6.45, 7) is 17.8. The molecule has 0 aromatic rings. The van der Waals surface area contributed by atoms with Gasteiger partial charge in [-0.05, 0) is 41.5 Å². The summed E-state index contributed by atoms with van der Waals surface area (Å²) in [5, 5.41) is 5.46. The fraction of sp³-hybridized carbons (Fsp3) is 0.809. The van der Waals surface area contributed by atoms with Crippen LogP contribution in [0.3, 0.4) is 0 Å². The summed E-state index contributed by atoms with van der Waals surface area (Å²) >= 11 is 0. The summed E-state index contributed by atoms with van der Waals surface area (Å²) < 4.78 is 65.4. The zero-order valence-electron chi connectivity index (χ0n) is 42.5. The molecule has 23 heteroatoms. The lowest BCUT2D eigenvalue weighted by atomic mass is 10.2. The minimum absolute atomic E-state index is 0.0315. The molecule has 23 nitrogen and oxygen atoms in total. The molecule has 0 aromatic heterocycles. The predicted molar refractivity (Wildman–Crippen MR) is 251 cm³/mol. The lowest BCUT2D eigenvalue weighted by molar-refractivity contribution is -0.157. The number of esters is 2. The highest BCUT2D eigenvalue weighted by Gasteiger charge is 2.25. The first-order valence-electron chi connectivity index (χ1n) is 24.0. The first-order chi connectivity index (χ1) is 33.5. The summed E-state index contributed by atoms with van der Waals surface area (Å²) in [7, 11) is 0. The van der Waals surface area contributed by atoms with Crippen LogP contribution >= 0.6 is 0 Å². The smallest absolute Gasteiger partial charge is 0.308 e. The van der Waals surface area contributed by atoms with Crippen LogP contribution in [0.1, 0.15) is 73.6 Å². The van der Waals surface area contributed by atoms with Crippen molar-refractivity contribution in [3.8, 4) is 0 Å². The van der Waals surface area contributed by atoms with E-state index in [0.717, 1.165) is 4.90 Å². The van der Waals surface area contributed by atoms with Crippen LogP contribution in [0, 0.1) is 0 Å². The summed E-state index contributed by atoms with van der Waals surface area (Å²) in [5.74, 6) is -2.16. The lowest BCUT2D eigenvalue weighted by Crippen LogP contribution is -2.40. The maximum absolute atomic E-state index is 13.1. The molecular weight excluding hydrogens is 925 g/mol. The van der Waals surface area contributed by atoms with Crippen LogP contribution in [0.2, 0.25) is 0 Å². The Balaban J connectivity index is 2.07. The van der Waals surface area contributed by atoms with E-state index in [9.17, 15) is 33.6 Å². The van der Waals surface area contributed by atoms with E-state index >= 15 is 0 Å². The van der Waals surface area contributed by atoms with Crippen LogP contribution in [-0.4, -0.2) is 227 Å². The zero-order valence-corrected chi connectivity index (χ0v) is 42.5. The van der Waals surface area contributed by atoms with Crippen LogP contribution < -0.4 is 10.6 Å². The Labute approximate surface area is 413 Å². The standard InChI is InChI=1S/C47H82N4O19/c1-46(2,3)69-44(57)12-21-59-23-14-48-39(52)10-19-61-27-31-65-35-37-67-33-29-63-25-17-50(41(54)9-16-51-42(55)7-8-43(51)56)18-26-64-30-34-68-38-36-66-32-28-62-20-11-40(53)49-15-24-60-22-13-45(58)70-47(4,5)6/h7-8H,9-38H2,1-6H3,(H,48,52)(H,49,53). The van der Waals surface area contributed by atoms with Crippen molar-refractivity contribution in [3.63, 3.8) is 0 Å². The number of nitrogens with zero attached hydrogens (tertiary/aromatic N) is 2. The lowest BCUT2D eigenvalue weighted by Gasteiger charge is -2.24. The molecule has 0 atom stereocenters. The van der Waals surface area contributed by atoms with Crippen LogP contribution in [-0.2, 0) is 90.4 Å². The summed E-state index contributed by atoms with van der Waals surface area (Å²) in [4.78, 5) is 86.7. The molecule has 0 bridgehead atoms. The maximum atomic E-state index is 13.1. The van der Waals surface area contributed by atoms with Crippen molar-refractivity contribution in [1.29, 1.82) is 0 Å². The number of hydrogen-bond acceptors (Lipinski definition) is 19. The van der Waals surface area contributed by atoms with Gasteiger partial charge in [0.05, 0.1) is 145 Å². The van der Waals surface area contributed by atoms with E-state index < -0.39 is 23.0 Å². The molecule has 0 aliphatic carbocycles. The van der Waals surface area contributed by atoms with Crippen molar-refractivity contribution in [2.45, 2.75) is 84.8 Å². The molecular formula is C47H82N4O19. The van der Waals surface area contributed by atoms with Crippen LogP contribution in [0.5, 0.6) is 0 Å². The van der Waals surface area contributed by atoms with Crippen molar-refractivity contribution < 1.29 is 90.4 Å². The van der Waals surface area contributed by atoms with Gasteiger partial charge in [-0.3, -0.25) is 38.5 Å². The third-order valence-corrected chi connectivity index (χ3v) is 8.87. The second kappa shape index (κ2) is 40.4. The van der Waals surface area contributed by atoms with Crippen LogP contribution in [0.4, 0.5) is 0 Å². The quantitative estimate of drug-likeness (QED) is 0.0485. The van der Waals surface area contributed by atoms with E-state index in [4.69, 9.17) is 56.8 Å². The minimum atomic E-state index is -0.536. The molecule has 0 radical (unpaired) electrons. The van der Waals surface area contributed by atoms with Crippen molar-refractivity contribution in [2.75, 3.05) is 165 Å². The molecule has 0 saturated carbocycles. The number of rotatable bonds is 45. The van der Waals surface area contributed by atoms with Gasteiger partial charge in [-0.25, -0.2) is 0 Å². The average Bonchev–Trinajstić information content (AvgIpc) is 3.61. The van der Waals surface area contributed by atoms with E-state index in [1.807, 2.05) is 0 Å². The molecule has 404 valence electrons. The van der Waals surface area contributed by atoms with E-state index in [0.29, 0.717) is 79.2 Å². The van der Waals surface area contributed by atoms with Gasteiger partial charge < -0.3 is 72.4 Å². The molecule has 1 rings (SSSR count). The van der Waals surface area contributed by atoms with Crippen molar-refractivity contribution in [3.05, 3.63) is 12.2 Å². The average molecular weight is 1010 g/mol. The highest BCUT2D eigenvalue weighted by atomic mass is 16.6. The van der Waals surface area contributed by atoms with E-state index in [-0.39, 0.29) is 147 Å². The Morgan fingerprint density at radius 2 is 0.729 bits per heavy atom. The van der Waals surface area contributed by atoms with Gasteiger partial charge in [0.1, 0.15) is 11.2 Å². The molecule has 0 spiro atoms. The van der Waals surface area contributed by atoms with Gasteiger partial charge in [-0.2, -0.15) is 0 Å². The van der Waals surface area contributed by atoms with E-state index in [2.05, 4.69) is 10.6 Å². The summed E-state index contributed by atoms with van der Waals surface area (Å²) in [6, 6.07) is 0. The third-order valence-electron chi connectivity index (χ3n) is 8.87. The Bertz CT molecular complexity index is 1410. The molecule has 0 fully saturated rings. The van der Waals surface area contributed by atoms with Gasteiger partial charge in [0.25, 0.3) is 11.8 Å². The molecule has 1 aliphatic heterocycles. The normalized spacial score (nSPS) is 12.7. The highest BCUT2D eigenvalue weighted by molar-refractivity contribution is 6.13. The van der Waals surface area contributed by atoms with E-state index in [1.54, 1.807) is 46.4 Å². The second-order valence-electron chi connectivity index (χ2n) is 17.3. The third kappa shape index (κ3) is 39.5. The zero-order chi connectivity index (χ0) is 51.7. The largest absolute Gasteiger partial charge is 0.460 e. The first kappa shape index (κ1) is 63.8. The Morgan fingerprint density at radius 1 is 0.429 bits per heavy atom. The van der Waals surface area contributed by atoms with Gasteiger partial charge in [-0.15, -0.1) is 0 Å². The number of nitrogens with one attached hydrogen (secondary N) is 2. The number of carbonyl (C=O) groups excluding carboxylic acids is 7. The summed E-state index contributed by atoms with van der Waals surface area (Å²) in [6.07, 6.45) is 3.00. The number of hydrogen-bond donors (Lipinski definition) is 2. The van der Waals surface area contributed by atoms with Crippen LogP contribution in [0.25, 0.3) is 0 Å². The Morgan fingerprint density at radius 3 is 1.07 bits per heavy atom. The van der Waals surface area contributed by atoms with Gasteiger partial charge >= 0.3 is 11.9 Å². The van der Waals surface area contributed by atoms with Crippen molar-refractivity contribution >= 4 is 41.5 Å². The molecule has 0 unspecified atom stereocenters. The van der Waals surface area contributed by atoms with Crippen molar-refractivity contribution in [2.24, 2.45) is 0 Å². The molecule has 1 heterocycles. The monoisotopic (exact) mass is 1010 g/mol. The number of imide groups is 1. The SMILES string of the molecule is CC(C)(C)OC(=O)CCOCCNC(=O)CCOCCOCCOCCOCCN(CCOCCOCCOCCOCCC(=O)NCCOCCC(=O)OC(C)(C)C)C(=O)CCN1C(=O)C=CC1=O. The maximum Gasteiger partial charge on any atom is 0.308 e. The minimum Gasteiger partial charge on any atom is -0.460 e. The fourth-order valence-electron chi connectivity index (χ4n) is 5.58. The van der Waals surface area contributed by atoms with Crippen LogP contribution in [0.15, 0.2) is 12.2 Å². The molecule has 1 aliphatic rings. The molecule has 5 amide bonds. The predicted octanol–water partition coefficient (Wildman–Crippen LogP) is 0.772. The molecule has 70 heavy (non-hydrogen) atoms.